The average molecular weight is 292 g/mol. The molecule has 0 fully saturated rings. The maximum Gasteiger partial charge on any atom is 0.303 e. The number of hydrogen-bond donors (Lipinski definition) is 1. The molecule has 0 radical (unpaired) electrons. The summed E-state index contributed by atoms with van der Waals surface area (Å²) < 4.78 is 0. The number of carbonyl (C=O) groups is 2. The van der Waals surface area contributed by atoms with Crippen LogP contribution in [0.1, 0.15) is 31.4 Å². The van der Waals surface area contributed by atoms with Crippen LogP contribution in [0.5, 0.6) is 0 Å². The molecule has 21 heavy (non-hydrogen) atoms. The van der Waals surface area contributed by atoms with E-state index in [1.165, 1.54) is 0 Å². The van der Waals surface area contributed by atoms with E-state index in [2.05, 4.69) is 0 Å². The molecule has 116 valence electrons. The van der Waals surface area contributed by atoms with Gasteiger partial charge in [0.25, 0.3) is 0 Å². The minimum absolute atomic E-state index is 0.0196. The first kappa shape index (κ1) is 17.2. The Balaban J connectivity index is 2.45. The lowest BCUT2D eigenvalue weighted by molar-refractivity contribution is -0.137. The van der Waals surface area contributed by atoms with Crippen LogP contribution in [0.4, 0.5) is 0 Å². The summed E-state index contributed by atoms with van der Waals surface area (Å²) in [6.45, 7) is 2.90. The van der Waals surface area contributed by atoms with Crippen LogP contribution in [-0.4, -0.2) is 54.0 Å². The number of carbonyl (C=O) groups excluding carboxylic acids is 1. The molecule has 0 heterocycles. The molecular formula is C16H24N2O3. The predicted molar refractivity (Wildman–Crippen MR) is 82.0 cm³/mol. The Morgan fingerprint density at radius 2 is 1.81 bits per heavy atom. The average Bonchev–Trinajstić information content (AvgIpc) is 2.46. The van der Waals surface area contributed by atoms with Gasteiger partial charge in [0.1, 0.15) is 0 Å². The zero-order chi connectivity index (χ0) is 15.8. The summed E-state index contributed by atoms with van der Waals surface area (Å²) in [5.74, 6) is -0.770. The highest BCUT2D eigenvalue weighted by Gasteiger charge is 2.18. The highest BCUT2D eigenvalue weighted by molar-refractivity contribution is 5.78. The zero-order valence-electron chi connectivity index (χ0n) is 13.0. The summed E-state index contributed by atoms with van der Waals surface area (Å²) in [7, 11) is 3.63. The fraction of sp³-hybridized carbons (Fsp3) is 0.500. The smallest absolute Gasteiger partial charge is 0.303 e. The summed E-state index contributed by atoms with van der Waals surface area (Å²) in [6, 6.07) is 9.90. The first-order chi connectivity index (χ1) is 9.91. The van der Waals surface area contributed by atoms with Crippen molar-refractivity contribution in [3.05, 3.63) is 35.9 Å². The van der Waals surface area contributed by atoms with Crippen molar-refractivity contribution in [3.63, 3.8) is 0 Å². The molecule has 1 amide bonds. The van der Waals surface area contributed by atoms with Crippen LogP contribution in [-0.2, 0) is 9.59 Å². The molecule has 0 saturated carbocycles. The van der Waals surface area contributed by atoms with Crippen LogP contribution in [0.25, 0.3) is 0 Å². The lowest BCUT2D eigenvalue weighted by Gasteiger charge is -2.27. The SMILES string of the molecule is CC(c1ccccc1)N(C)C(=O)CN(C)CCCC(=O)O. The van der Waals surface area contributed by atoms with Crippen LogP contribution in [0.3, 0.4) is 0 Å². The fourth-order valence-electron chi connectivity index (χ4n) is 2.09. The maximum absolute atomic E-state index is 12.2. The van der Waals surface area contributed by atoms with E-state index in [9.17, 15) is 9.59 Å². The number of carboxylic acid groups (broad SMARTS) is 1. The van der Waals surface area contributed by atoms with Gasteiger partial charge in [-0.3, -0.25) is 14.5 Å². The standard InChI is InChI=1S/C16H24N2O3/c1-13(14-8-5-4-6-9-14)18(3)15(19)12-17(2)11-7-10-16(20)21/h4-6,8-9,13H,7,10-12H2,1-3H3,(H,20,21). The largest absolute Gasteiger partial charge is 0.481 e. The third kappa shape index (κ3) is 5.95. The number of rotatable bonds is 8. The minimum atomic E-state index is -0.801. The Morgan fingerprint density at radius 1 is 1.19 bits per heavy atom. The maximum atomic E-state index is 12.2. The molecule has 1 unspecified atom stereocenters. The van der Waals surface area contributed by atoms with E-state index in [-0.39, 0.29) is 18.4 Å². The monoisotopic (exact) mass is 292 g/mol. The molecule has 0 aliphatic carbocycles. The third-order valence-electron chi connectivity index (χ3n) is 3.59. The molecule has 1 rings (SSSR count). The number of aliphatic carboxylic acids is 1. The van der Waals surface area contributed by atoms with Crippen molar-refractivity contribution in [2.75, 3.05) is 27.2 Å². The van der Waals surface area contributed by atoms with E-state index >= 15 is 0 Å². The van der Waals surface area contributed by atoms with Gasteiger partial charge >= 0.3 is 5.97 Å². The summed E-state index contributed by atoms with van der Waals surface area (Å²) in [5.41, 5.74) is 1.10. The van der Waals surface area contributed by atoms with Crippen LogP contribution in [0.15, 0.2) is 30.3 Å². The van der Waals surface area contributed by atoms with Gasteiger partial charge in [-0.15, -0.1) is 0 Å². The minimum Gasteiger partial charge on any atom is -0.481 e. The van der Waals surface area contributed by atoms with E-state index in [1.807, 2.05) is 49.2 Å². The molecule has 0 aromatic heterocycles. The van der Waals surface area contributed by atoms with Gasteiger partial charge in [-0.05, 0) is 32.5 Å². The van der Waals surface area contributed by atoms with Crippen molar-refractivity contribution in [3.8, 4) is 0 Å². The summed E-state index contributed by atoms with van der Waals surface area (Å²) in [4.78, 5) is 26.3. The third-order valence-corrected chi connectivity index (χ3v) is 3.59. The molecule has 0 aliphatic rings. The van der Waals surface area contributed by atoms with Crippen molar-refractivity contribution in [1.29, 1.82) is 0 Å². The summed E-state index contributed by atoms with van der Waals surface area (Å²) >= 11 is 0. The van der Waals surface area contributed by atoms with Crippen LogP contribution in [0, 0.1) is 0 Å². The van der Waals surface area contributed by atoms with Gasteiger partial charge in [0.2, 0.25) is 5.91 Å². The number of carboxylic acids is 1. The zero-order valence-corrected chi connectivity index (χ0v) is 13.0. The molecule has 1 aromatic carbocycles. The van der Waals surface area contributed by atoms with Gasteiger partial charge in [-0.2, -0.15) is 0 Å². The Bertz CT molecular complexity index is 462. The van der Waals surface area contributed by atoms with Gasteiger partial charge in [-0.1, -0.05) is 30.3 Å². The van der Waals surface area contributed by atoms with Gasteiger partial charge in [-0.25, -0.2) is 0 Å². The highest BCUT2D eigenvalue weighted by atomic mass is 16.4. The van der Waals surface area contributed by atoms with E-state index < -0.39 is 5.97 Å². The molecule has 1 N–H and O–H groups in total. The highest BCUT2D eigenvalue weighted by Crippen LogP contribution is 2.18. The lowest BCUT2D eigenvalue weighted by Crippen LogP contribution is -2.38. The molecule has 1 atom stereocenters. The van der Waals surface area contributed by atoms with Crippen molar-refractivity contribution in [1.82, 2.24) is 9.80 Å². The Kier molecular flexibility index (Phi) is 6.88. The molecule has 5 nitrogen and oxygen atoms in total. The quantitative estimate of drug-likeness (QED) is 0.796. The summed E-state index contributed by atoms with van der Waals surface area (Å²) in [6.07, 6.45) is 0.686. The topological polar surface area (TPSA) is 60.9 Å². The molecule has 1 aromatic rings. The van der Waals surface area contributed by atoms with E-state index in [1.54, 1.807) is 11.9 Å². The van der Waals surface area contributed by atoms with Gasteiger partial charge in [0, 0.05) is 13.5 Å². The number of benzene rings is 1. The van der Waals surface area contributed by atoms with Crippen molar-refractivity contribution in [2.24, 2.45) is 0 Å². The second kappa shape index (κ2) is 8.42. The normalized spacial score (nSPS) is 12.2. The van der Waals surface area contributed by atoms with Gasteiger partial charge in [0.05, 0.1) is 12.6 Å². The van der Waals surface area contributed by atoms with Gasteiger partial charge < -0.3 is 10.0 Å². The molecule has 0 aliphatic heterocycles. The van der Waals surface area contributed by atoms with Crippen LogP contribution < -0.4 is 0 Å². The van der Waals surface area contributed by atoms with Crippen molar-refractivity contribution >= 4 is 11.9 Å². The molecule has 0 saturated heterocycles. The van der Waals surface area contributed by atoms with E-state index in [0.29, 0.717) is 19.5 Å². The molecule has 5 heteroatoms. The van der Waals surface area contributed by atoms with E-state index in [0.717, 1.165) is 5.56 Å². The first-order valence-corrected chi connectivity index (χ1v) is 7.12. The number of likely N-dealkylation sites (N-methyl/N-ethyl adjacent to an activating group) is 2. The molecule has 0 spiro atoms. The second-order valence-corrected chi connectivity index (χ2v) is 5.33. The lowest BCUT2D eigenvalue weighted by atomic mass is 10.1. The Hall–Kier alpha value is -1.88. The van der Waals surface area contributed by atoms with Crippen LogP contribution in [0.2, 0.25) is 0 Å². The molecular weight excluding hydrogens is 268 g/mol. The predicted octanol–water partition coefficient (Wildman–Crippen LogP) is 2.00. The van der Waals surface area contributed by atoms with Crippen molar-refractivity contribution in [2.45, 2.75) is 25.8 Å². The van der Waals surface area contributed by atoms with Crippen molar-refractivity contribution < 1.29 is 14.7 Å². The summed E-state index contributed by atoms with van der Waals surface area (Å²) in [5, 5.41) is 8.60. The second-order valence-electron chi connectivity index (χ2n) is 5.33. The van der Waals surface area contributed by atoms with E-state index in [4.69, 9.17) is 5.11 Å². The number of nitrogens with zero attached hydrogens (tertiary/aromatic N) is 2. The first-order valence-electron chi connectivity index (χ1n) is 7.12. The van der Waals surface area contributed by atoms with Crippen LogP contribution >= 0.6 is 0 Å². The molecule has 0 bridgehead atoms. The fourth-order valence-corrected chi connectivity index (χ4v) is 2.09. The number of amides is 1. The van der Waals surface area contributed by atoms with Gasteiger partial charge in [0.15, 0.2) is 0 Å². The Morgan fingerprint density at radius 3 is 2.38 bits per heavy atom. The number of hydrogen-bond acceptors (Lipinski definition) is 3. The Labute approximate surface area is 126 Å².